The molecule has 0 aliphatic rings. The summed E-state index contributed by atoms with van der Waals surface area (Å²) in [6.07, 6.45) is 1.71. The van der Waals surface area contributed by atoms with Crippen molar-refractivity contribution in [3.05, 3.63) is 41.7 Å². The predicted octanol–water partition coefficient (Wildman–Crippen LogP) is 1.87. The molecule has 0 unspecified atom stereocenters. The van der Waals surface area contributed by atoms with Gasteiger partial charge in [-0.2, -0.15) is 10.1 Å². The first kappa shape index (κ1) is 12.2. The summed E-state index contributed by atoms with van der Waals surface area (Å²) < 4.78 is 7.23. The van der Waals surface area contributed by atoms with Gasteiger partial charge in [-0.25, -0.2) is 4.79 Å². The first-order chi connectivity index (χ1) is 9.63. The number of oxazole rings is 1. The van der Waals surface area contributed by atoms with Crippen LogP contribution in [0.3, 0.4) is 0 Å². The Labute approximate surface area is 113 Å². The topological polar surface area (TPSA) is 93.2 Å². The summed E-state index contributed by atoms with van der Waals surface area (Å²) in [5.74, 6) is -0.993. The molecule has 0 atom stereocenters. The van der Waals surface area contributed by atoms with Gasteiger partial charge < -0.3 is 14.8 Å². The maximum absolute atomic E-state index is 10.9. The van der Waals surface area contributed by atoms with E-state index >= 15 is 0 Å². The molecule has 3 rings (SSSR count). The fourth-order valence-corrected chi connectivity index (χ4v) is 1.87. The van der Waals surface area contributed by atoms with Crippen molar-refractivity contribution in [3.8, 4) is 0 Å². The molecule has 20 heavy (non-hydrogen) atoms. The minimum atomic E-state index is -0.993. The van der Waals surface area contributed by atoms with E-state index in [1.807, 2.05) is 13.1 Å². The third-order valence-corrected chi connectivity index (χ3v) is 2.98. The van der Waals surface area contributed by atoms with Crippen LogP contribution < -0.4 is 5.32 Å². The number of fused-ring (bicyclic) bond motifs is 1. The highest BCUT2D eigenvalue weighted by atomic mass is 16.4. The standard InChI is InChI=1S/C13H12N4O3/c1-17-9(4-5-15-17)7-14-13-16-10-3-2-8(12(18)19)6-11(10)20-13/h2-6H,7H2,1H3,(H,14,16)(H,18,19). The molecule has 3 aromatic rings. The van der Waals surface area contributed by atoms with Crippen LogP contribution in [-0.2, 0) is 13.6 Å². The van der Waals surface area contributed by atoms with Crippen molar-refractivity contribution in [1.82, 2.24) is 14.8 Å². The van der Waals surface area contributed by atoms with E-state index in [1.54, 1.807) is 16.9 Å². The van der Waals surface area contributed by atoms with E-state index in [-0.39, 0.29) is 5.56 Å². The highest BCUT2D eigenvalue weighted by Crippen LogP contribution is 2.20. The van der Waals surface area contributed by atoms with Crippen LogP contribution in [-0.4, -0.2) is 25.8 Å². The van der Waals surface area contributed by atoms with Gasteiger partial charge in [-0.3, -0.25) is 4.68 Å². The van der Waals surface area contributed by atoms with E-state index in [9.17, 15) is 4.79 Å². The molecule has 7 nitrogen and oxygen atoms in total. The Hall–Kier alpha value is -2.83. The molecule has 0 aliphatic heterocycles. The number of hydrogen-bond acceptors (Lipinski definition) is 5. The molecule has 0 radical (unpaired) electrons. The van der Waals surface area contributed by atoms with E-state index in [4.69, 9.17) is 9.52 Å². The number of aromatic carboxylic acids is 1. The first-order valence-corrected chi connectivity index (χ1v) is 5.98. The summed E-state index contributed by atoms with van der Waals surface area (Å²) in [6.45, 7) is 0.523. The number of anilines is 1. The molecule has 7 heteroatoms. The number of nitrogens with one attached hydrogen (secondary N) is 1. The Kier molecular flexibility index (Phi) is 2.86. The highest BCUT2D eigenvalue weighted by Gasteiger charge is 2.10. The van der Waals surface area contributed by atoms with Gasteiger partial charge in [-0.15, -0.1) is 0 Å². The van der Waals surface area contributed by atoms with E-state index in [2.05, 4.69) is 15.4 Å². The Bertz CT molecular complexity index is 775. The van der Waals surface area contributed by atoms with Crippen LogP contribution in [0.4, 0.5) is 6.01 Å². The van der Waals surface area contributed by atoms with Crippen LogP contribution in [0.15, 0.2) is 34.9 Å². The number of aryl methyl sites for hydroxylation is 1. The SMILES string of the molecule is Cn1nccc1CNc1nc2ccc(C(=O)O)cc2o1. The zero-order valence-corrected chi connectivity index (χ0v) is 10.7. The van der Waals surface area contributed by atoms with Gasteiger partial charge in [-0.05, 0) is 24.3 Å². The Morgan fingerprint density at radius 2 is 2.30 bits per heavy atom. The zero-order chi connectivity index (χ0) is 14.1. The summed E-state index contributed by atoms with van der Waals surface area (Å²) in [6, 6.07) is 6.82. The third kappa shape index (κ3) is 2.20. The fourth-order valence-electron chi connectivity index (χ4n) is 1.87. The lowest BCUT2D eigenvalue weighted by molar-refractivity contribution is 0.0697. The quantitative estimate of drug-likeness (QED) is 0.753. The minimum absolute atomic E-state index is 0.173. The summed E-state index contributed by atoms with van der Waals surface area (Å²) in [4.78, 5) is 15.1. The first-order valence-electron chi connectivity index (χ1n) is 5.98. The van der Waals surface area contributed by atoms with Crippen molar-refractivity contribution in [2.75, 3.05) is 5.32 Å². The van der Waals surface area contributed by atoms with Crippen LogP contribution in [0.1, 0.15) is 16.1 Å². The average molecular weight is 272 g/mol. The summed E-state index contributed by atoms with van der Waals surface area (Å²) in [5.41, 5.74) is 2.21. The molecular weight excluding hydrogens is 260 g/mol. The predicted molar refractivity (Wildman–Crippen MR) is 71.5 cm³/mol. The Morgan fingerprint density at radius 1 is 1.45 bits per heavy atom. The van der Waals surface area contributed by atoms with E-state index < -0.39 is 5.97 Å². The number of nitrogens with zero attached hydrogens (tertiary/aromatic N) is 3. The number of hydrogen-bond donors (Lipinski definition) is 2. The Morgan fingerprint density at radius 3 is 3.00 bits per heavy atom. The molecule has 2 heterocycles. The van der Waals surface area contributed by atoms with Gasteiger partial charge in [0.15, 0.2) is 5.58 Å². The van der Waals surface area contributed by atoms with Crippen molar-refractivity contribution >= 4 is 23.1 Å². The molecule has 102 valence electrons. The van der Waals surface area contributed by atoms with Gasteiger partial charge in [0.2, 0.25) is 0 Å². The third-order valence-electron chi connectivity index (χ3n) is 2.98. The van der Waals surface area contributed by atoms with Gasteiger partial charge >= 0.3 is 5.97 Å². The average Bonchev–Trinajstić information content (AvgIpc) is 3.00. The minimum Gasteiger partial charge on any atom is -0.478 e. The van der Waals surface area contributed by atoms with Crippen LogP contribution in [0.5, 0.6) is 0 Å². The summed E-state index contributed by atoms with van der Waals surface area (Å²) in [7, 11) is 1.85. The van der Waals surface area contributed by atoms with E-state index in [1.165, 1.54) is 12.1 Å². The number of benzene rings is 1. The van der Waals surface area contributed by atoms with Crippen LogP contribution in [0.2, 0.25) is 0 Å². The lowest BCUT2D eigenvalue weighted by atomic mass is 10.2. The van der Waals surface area contributed by atoms with Gasteiger partial charge in [0, 0.05) is 13.2 Å². The summed E-state index contributed by atoms with van der Waals surface area (Å²) >= 11 is 0. The van der Waals surface area contributed by atoms with Gasteiger partial charge in [0.25, 0.3) is 6.01 Å². The zero-order valence-electron chi connectivity index (χ0n) is 10.7. The molecule has 0 spiro atoms. The van der Waals surface area contributed by atoms with Crippen molar-refractivity contribution in [3.63, 3.8) is 0 Å². The largest absolute Gasteiger partial charge is 0.478 e. The number of carbonyl (C=O) groups is 1. The molecule has 1 aromatic carbocycles. The van der Waals surface area contributed by atoms with Gasteiger partial charge in [-0.1, -0.05) is 0 Å². The smallest absolute Gasteiger partial charge is 0.335 e. The number of carboxylic acid groups (broad SMARTS) is 1. The molecule has 0 aliphatic carbocycles. The van der Waals surface area contributed by atoms with Crippen molar-refractivity contribution in [1.29, 1.82) is 0 Å². The van der Waals surface area contributed by atoms with Crippen molar-refractivity contribution in [2.24, 2.45) is 7.05 Å². The number of rotatable bonds is 4. The normalized spacial score (nSPS) is 10.8. The maximum atomic E-state index is 10.9. The summed E-state index contributed by atoms with van der Waals surface area (Å²) in [5, 5.41) is 16.0. The second-order valence-electron chi connectivity index (χ2n) is 4.31. The molecule has 0 saturated heterocycles. The molecule has 0 amide bonds. The fraction of sp³-hybridized carbons (Fsp3) is 0.154. The number of carboxylic acids is 1. The highest BCUT2D eigenvalue weighted by molar-refractivity contribution is 5.92. The maximum Gasteiger partial charge on any atom is 0.335 e. The second kappa shape index (κ2) is 4.69. The van der Waals surface area contributed by atoms with Crippen LogP contribution >= 0.6 is 0 Å². The second-order valence-corrected chi connectivity index (χ2v) is 4.31. The van der Waals surface area contributed by atoms with Gasteiger partial charge in [0.05, 0.1) is 17.8 Å². The van der Waals surface area contributed by atoms with Crippen LogP contribution in [0, 0.1) is 0 Å². The lowest BCUT2D eigenvalue weighted by Gasteiger charge is -2.01. The monoisotopic (exact) mass is 272 g/mol. The van der Waals surface area contributed by atoms with E-state index in [0.717, 1.165) is 5.69 Å². The molecule has 0 saturated carbocycles. The molecule has 2 N–H and O–H groups in total. The Balaban J connectivity index is 1.82. The molecule has 0 fully saturated rings. The molecular formula is C13H12N4O3. The lowest BCUT2D eigenvalue weighted by Crippen LogP contribution is -2.05. The van der Waals surface area contributed by atoms with Gasteiger partial charge in [0.1, 0.15) is 5.52 Å². The molecule has 0 bridgehead atoms. The number of aromatic nitrogens is 3. The van der Waals surface area contributed by atoms with Crippen molar-refractivity contribution < 1.29 is 14.3 Å². The molecule has 2 aromatic heterocycles. The van der Waals surface area contributed by atoms with Crippen molar-refractivity contribution in [2.45, 2.75) is 6.54 Å². The van der Waals surface area contributed by atoms with E-state index in [0.29, 0.717) is 23.7 Å². The van der Waals surface area contributed by atoms with Crippen LogP contribution in [0.25, 0.3) is 11.1 Å².